The molecule has 0 spiro atoms. The van der Waals surface area contributed by atoms with Crippen molar-refractivity contribution in [1.82, 2.24) is 0 Å². The van der Waals surface area contributed by atoms with Crippen molar-refractivity contribution in [2.45, 2.75) is 33.9 Å². The maximum atomic E-state index is 2.63. The van der Waals surface area contributed by atoms with Gasteiger partial charge in [0.1, 0.15) is 0 Å². The fraction of sp³-hybridized carbons (Fsp3) is 0.375. The summed E-state index contributed by atoms with van der Waals surface area (Å²) in [6.45, 7) is 5.24. The summed E-state index contributed by atoms with van der Waals surface area (Å²) in [7, 11) is 0. The molecule has 0 bridgehead atoms. The SMILES string of the molecule is CC1CC2C=CC=CC2[CH]1[Zr+2]([CH]1C(C)CC2C=CC=CC21)=[Si](c1ccccc1)c1ccccc1.[Cl-].[Cl-]. The second-order valence-corrected chi connectivity index (χ2v) is 25.6. The van der Waals surface area contributed by atoms with Gasteiger partial charge in [0.05, 0.1) is 0 Å². The van der Waals surface area contributed by atoms with Gasteiger partial charge in [0, 0.05) is 0 Å². The summed E-state index contributed by atoms with van der Waals surface area (Å²) in [6.07, 6.45) is 22.5. The summed E-state index contributed by atoms with van der Waals surface area (Å²) in [5, 5.41) is 3.37. The van der Waals surface area contributed by atoms with Gasteiger partial charge in [-0.25, -0.2) is 0 Å². The van der Waals surface area contributed by atoms with E-state index in [-0.39, 0.29) is 24.8 Å². The minimum Gasteiger partial charge on any atom is -1.00 e. The van der Waals surface area contributed by atoms with Crippen molar-refractivity contribution >= 4 is 15.8 Å². The van der Waals surface area contributed by atoms with E-state index in [2.05, 4.69) is 123 Å². The molecule has 0 heterocycles. The molecule has 2 aromatic rings. The molecule has 8 atom stereocenters. The molecular formula is C32H36Cl2SiZr. The van der Waals surface area contributed by atoms with Crippen molar-refractivity contribution in [2.75, 3.05) is 0 Å². The molecule has 0 N–H and O–H groups in total. The van der Waals surface area contributed by atoms with Gasteiger partial charge in [0.2, 0.25) is 0 Å². The monoisotopic (exact) mass is 608 g/mol. The Morgan fingerprint density at radius 3 is 1.39 bits per heavy atom. The second-order valence-electron chi connectivity index (χ2n) is 11.1. The van der Waals surface area contributed by atoms with Gasteiger partial charge < -0.3 is 24.8 Å². The minimum absolute atomic E-state index is 0. The van der Waals surface area contributed by atoms with Crippen LogP contribution in [0.1, 0.15) is 26.7 Å². The van der Waals surface area contributed by atoms with Crippen LogP contribution in [0.3, 0.4) is 0 Å². The van der Waals surface area contributed by atoms with Crippen LogP contribution < -0.4 is 35.2 Å². The van der Waals surface area contributed by atoms with Crippen molar-refractivity contribution in [3.63, 3.8) is 0 Å². The fourth-order valence-corrected chi connectivity index (χ4v) is 37.0. The van der Waals surface area contributed by atoms with Crippen LogP contribution in [0.25, 0.3) is 0 Å². The Labute approximate surface area is 238 Å². The number of rotatable bonds is 4. The van der Waals surface area contributed by atoms with Crippen LogP contribution in [-0.4, -0.2) is 5.43 Å². The number of fused-ring (bicyclic) bond motifs is 2. The van der Waals surface area contributed by atoms with Gasteiger partial charge in [-0.15, -0.1) is 0 Å². The second kappa shape index (κ2) is 12.3. The molecule has 0 aliphatic heterocycles. The molecule has 0 nitrogen and oxygen atoms in total. The van der Waals surface area contributed by atoms with Crippen molar-refractivity contribution in [3.8, 4) is 0 Å². The Kier molecular flexibility index (Phi) is 9.59. The van der Waals surface area contributed by atoms with Crippen LogP contribution in [0, 0.1) is 35.5 Å². The maximum absolute atomic E-state index is 2.63. The van der Waals surface area contributed by atoms with Crippen LogP contribution >= 0.6 is 0 Å². The predicted molar refractivity (Wildman–Crippen MR) is 143 cm³/mol. The minimum atomic E-state index is -2.11. The molecule has 2 fully saturated rings. The number of hydrogen-bond acceptors (Lipinski definition) is 0. The molecule has 0 amide bonds. The standard InChI is InChI=1S/C12H10Si.2C10H13.2ClH.Zr/c1-3-7-11(8-4-1)13-12-9-5-2-6-10-12;2*1-8-6-9-4-2-3-5-10(9)7-8;;;/h1-10H;2*2-6,8-10H,7H2,1H3;2*1H;/q;;;;;+2/p-2. The van der Waals surface area contributed by atoms with Gasteiger partial charge >= 0.3 is 215 Å². The quantitative estimate of drug-likeness (QED) is 0.450. The predicted octanol–water partition coefficient (Wildman–Crippen LogP) is 0.792. The first-order valence-corrected chi connectivity index (χ1v) is 21.3. The van der Waals surface area contributed by atoms with Gasteiger partial charge in [-0.1, -0.05) is 0 Å². The largest absolute Gasteiger partial charge is 1.00 e. The fourth-order valence-electron chi connectivity index (χ4n) is 7.79. The molecule has 0 radical (unpaired) electrons. The van der Waals surface area contributed by atoms with E-state index in [1.807, 2.05) is 0 Å². The average molecular weight is 611 g/mol. The van der Waals surface area contributed by atoms with Crippen molar-refractivity contribution in [1.29, 1.82) is 0 Å². The number of allylic oxidation sites excluding steroid dienone is 8. The first kappa shape index (κ1) is 28.1. The van der Waals surface area contributed by atoms with Crippen molar-refractivity contribution in [2.24, 2.45) is 35.5 Å². The van der Waals surface area contributed by atoms with E-state index in [0.717, 1.165) is 42.8 Å². The van der Waals surface area contributed by atoms with Crippen molar-refractivity contribution in [3.05, 3.63) is 109 Å². The molecular weight excluding hydrogens is 575 g/mol. The Morgan fingerprint density at radius 2 is 0.972 bits per heavy atom. The Bertz CT molecular complexity index is 1090. The zero-order valence-electron chi connectivity index (χ0n) is 21.2. The summed E-state index contributed by atoms with van der Waals surface area (Å²) in [6, 6.07) is 23.6. The van der Waals surface area contributed by atoms with Gasteiger partial charge in [-0.2, -0.15) is 0 Å². The van der Waals surface area contributed by atoms with Crippen LogP contribution in [-0.2, 0) is 20.4 Å². The summed E-state index contributed by atoms with van der Waals surface area (Å²) in [4.78, 5) is 0. The van der Waals surface area contributed by atoms with Crippen LogP contribution in [0.15, 0.2) is 109 Å². The van der Waals surface area contributed by atoms with Crippen LogP contribution in [0.5, 0.6) is 0 Å². The zero-order chi connectivity index (χ0) is 23.1. The van der Waals surface area contributed by atoms with E-state index >= 15 is 0 Å². The van der Waals surface area contributed by atoms with E-state index < -0.39 is 25.8 Å². The van der Waals surface area contributed by atoms with Gasteiger partial charge in [-0.05, 0) is 0 Å². The smallest absolute Gasteiger partial charge is 1.00 e. The first-order chi connectivity index (χ1) is 16.7. The molecule has 0 saturated heterocycles. The van der Waals surface area contributed by atoms with Gasteiger partial charge in [0.25, 0.3) is 0 Å². The zero-order valence-corrected chi connectivity index (χ0v) is 26.2. The molecule has 2 saturated carbocycles. The summed E-state index contributed by atoms with van der Waals surface area (Å²) >= 11 is -2.11. The summed E-state index contributed by atoms with van der Waals surface area (Å²) < 4.78 is 1.88. The van der Waals surface area contributed by atoms with Gasteiger partial charge in [-0.3, -0.25) is 0 Å². The van der Waals surface area contributed by atoms with Gasteiger partial charge in [0.15, 0.2) is 0 Å². The summed E-state index contributed by atoms with van der Waals surface area (Å²) in [5.41, 5.74) is -0.787. The van der Waals surface area contributed by atoms with Crippen LogP contribution in [0.4, 0.5) is 0 Å². The topological polar surface area (TPSA) is 0 Å². The normalized spacial score (nSPS) is 33.0. The van der Waals surface area contributed by atoms with E-state index in [1.54, 1.807) is 10.4 Å². The number of benzene rings is 2. The molecule has 4 aliphatic carbocycles. The molecule has 36 heavy (non-hydrogen) atoms. The third kappa shape index (κ3) is 5.18. The van der Waals surface area contributed by atoms with E-state index in [0.29, 0.717) is 0 Å². The van der Waals surface area contributed by atoms with Crippen molar-refractivity contribution < 1.29 is 45.2 Å². The third-order valence-corrected chi connectivity index (χ3v) is 32.1. The molecule has 4 heteroatoms. The molecule has 2 aromatic carbocycles. The molecule has 186 valence electrons. The average Bonchev–Trinajstić information content (AvgIpc) is 3.39. The first-order valence-electron chi connectivity index (χ1n) is 13.3. The molecule has 0 aromatic heterocycles. The Balaban J connectivity index is 0.00000152. The summed E-state index contributed by atoms with van der Waals surface area (Å²) in [5.74, 6) is 4.78. The third-order valence-electron chi connectivity index (χ3n) is 9.07. The maximum Gasteiger partial charge on any atom is -1.00 e. The van der Waals surface area contributed by atoms with E-state index in [4.69, 9.17) is 0 Å². The molecule has 4 aliphatic rings. The molecule has 8 unspecified atom stereocenters. The number of halogens is 2. The van der Waals surface area contributed by atoms with E-state index in [9.17, 15) is 0 Å². The van der Waals surface area contributed by atoms with E-state index in [1.165, 1.54) is 12.8 Å². The molecule has 6 rings (SSSR count). The van der Waals surface area contributed by atoms with Crippen LogP contribution in [0.2, 0.25) is 7.25 Å². The Hall–Kier alpha value is -0.920. The Morgan fingerprint density at radius 1 is 0.583 bits per heavy atom. The number of hydrogen-bond donors (Lipinski definition) is 0.